The van der Waals surface area contributed by atoms with Crippen molar-refractivity contribution in [3.8, 4) is 17.2 Å². The molecule has 0 spiro atoms. The van der Waals surface area contributed by atoms with Crippen LogP contribution in [0.3, 0.4) is 0 Å². The van der Waals surface area contributed by atoms with Crippen molar-refractivity contribution in [2.75, 3.05) is 0 Å². The summed E-state index contributed by atoms with van der Waals surface area (Å²) in [7, 11) is 0. The molecule has 0 bridgehead atoms. The molecule has 0 atom stereocenters. The lowest BCUT2D eigenvalue weighted by atomic mass is 10.2. The number of carbonyl (C=O) groups is 1. The summed E-state index contributed by atoms with van der Waals surface area (Å²) in [6.07, 6.45) is 0. The maximum absolute atomic E-state index is 12.1. The van der Waals surface area contributed by atoms with Gasteiger partial charge in [0, 0.05) is 4.47 Å². The van der Waals surface area contributed by atoms with Crippen molar-refractivity contribution >= 4 is 21.9 Å². The smallest absolute Gasteiger partial charge is 0.343 e. The Hall–Kier alpha value is -2.59. The second-order valence-electron chi connectivity index (χ2n) is 4.78. The van der Waals surface area contributed by atoms with Gasteiger partial charge in [-0.05, 0) is 60.7 Å². The molecule has 3 rings (SSSR count). The van der Waals surface area contributed by atoms with Gasteiger partial charge in [0.1, 0.15) is 17.2 Å². The molecular formula is C19H13BrO3. The number of halogens is 1. The van der Waals surface area contributed by atoms with Crippen molar-refractivity contribution in [2.45, 2.75) is 0 Å². The molecule has 0 aromatic heterocycles. The molecule has 3 aromatic carbocycles. The van der Waals surface area contributed by atoms with Crippen molar-refractivity contribution in [3.63, 3.8) is 0 Å². The van der Waals surface area contributed by atoms with Crippen LogP contribution in [0.5, 0.6) is 17.2 Å². The van der Waals surface area contributed by atoms with Gasteiger partial charge in [0.05, 0.1) is 5.56 Å². The molecule has 0 aliphatic carbocycles. The largest absolute Gasteiger partial charge is 0.457 e. The van der Waals surface area contributed by atoms with E-state index in [1.807, 2.05) is 42.5 Å². The van der Waals surface area contributed by atoms with E-state index in [0.29, 0.717) is 17.1 Å². The predicted molar refractivity (Wildman–Crippen MR) is 92.1 cm³/mol. The summed E-state index contributed by atoms with van der Waals surface area (Å²) in [6.45, 7) is 0. The average molecular weight is 369 g/mol. The van der Waals surface area contributed by atoms with Crippen molar-refractivity contribution in [1.29, 1.82) is 0 Å². The number of esters is 1. The summed E-state index contributed by atoms with van der Waals surface area (Å²) < 4.78 is 11.9. The quantitative estimate of drug-likeness (QED) is 0.453. The molecule has 0 radical (unpaired) electrons. The third-order valence-corrected chi connectivity index (χ3v) is 3.62. The zero-order valence-corrected chi connectivity index (χ0v) is 13.7. The molecule has 0 aliphatic rings. The maximum atomic E-state index is 12.1. The first-order valence-electron chi connectivity index (χ1n) is 7.01. The fourth-order valence-electron chi connectivity index (χ4n) is 1.95. The Morgan fingerprint density at radius 2 is 1.26 bits per heavy atom. The Kier molecular flexibility index (Phi) is 4.74. The Bertz CT molecular complexity index is 781. The zero-order valence-electron chi connectivity index (χ0n) is 12.1. The molecular weight excluding hydrogens is 356 g/mol. The molecule has 114 valence electrons. The van der Waals surface area contributed by atoms with Crippen LogP contribution in [0.1, 0.15) is 10.4 Å². The Balaban J connectivity index is 1.66. The monoisotopic (exact) mass is 368 g/mol. The van der Waals surface area contributed by atoms with Crippen LogP contribution in [-0.4, -0.2) is 5.97 Å². The third kappa shape index (κ3) is 4.20. The molecule has 0 saturated heterocycles. The Morgan fingerprint density at radius 3 is 1.91 bits per heavy atom. The number of hydrogen-bond donors (Lipinski definition) is 0. The van der Waals surface area contributed by atoms with Gasteiger partial charge in [-0.25, -0.2) is 4.79 Å². The Morgan fingerprint density at radius 1 is 0.696 bits per heavy atom. The van der Waals surface area contributed by atoms with Gasteiger partial charge in [0.25, 0.3) is 0 Å². The van der Waals surface area contributed by atoms with Crippen molar-refractivity contribution < 1.29 is 14.3 Å². The molecule has 0 unspecified atom stereocenters. The molecule has 4 heteroatoms. The number of carbonyl (C=O) groups excluding carboxylic acids is 1. The molecule has 0 aliphatic heterocycles. The van der Waals surface area contributed by atoms with Crippen LogP contribution in [0.2, 0.25) is 0 Å². The van der Waals surface area contributed by atoms with Crippen molar-refractivity contribution in [3.05, 3.63) is 88.9 Å². The molecule has 0 saturated carbocycles. The first-order chi connectivity index (χ1) is 11.2. The average Bonchev–Trinajstić information content (AvgIpc) is 2.58. The lowest BCUT2D eigenvalue weighted by Gasteiger charge is -2.07. The topological polar surface area (TPSA) is 35.5 Å². The van der Waals surface area contributed by atoms with E-state index in [2.05, 4.69) is 15.9 Å². The number of benzene rings is 3. The second kappa shape index (κ2) is 7.11. The van der Waals surface area contributed by atoms with E-state index < -0.39 is 5.97 Å². The summed E-state index contributed by atoms with van der Waals surface area (Å²) in [5, 5.41) is 0. The summed E-state index contributed by atoms with van der Waals surface area (Å²) in [5.41, 5.74) is 0.466. The summed E-state index contributed by atoms with van der Waals surface area (Å²) in [6, 6.07) is 23.4. The van der Waals surface area contributed by atoms with Crippen molar-refractivity contribution in [2.24, 2.45) is 0 Å². The van der Waals surface area contributed by atoms with Gasteiger partial charge >= 0.3 is 5.97 Å². The predicted octanol–water partition coefficient (Wildman–Crippen LogP) is 5.46. The van der Waals surface area contributed by atoms with Crippen molar-refractivity contribution in [1.82, 2.24) is 0 Å². The number of hydrogen-bond acceptors (Lipinski definition) is 3. The number of rotatable bonds is 4. The lowest BCUT2D eigenvalue weighted by Crippen LogP contribution is -2.08. The highest BCUT2D eigenvalue weighted by atomic mass is 79.9. The lowest BCUT2D eigenvalue weighted by molar-refractivity contribution is 0.0735. The number of para-hydroxylation sites is 1. The van der Waals surface area contributed by atoms with E-state index in [4.69, 9.17) is 9.47 Å². The highest BCUT2D eigenvalue weighted by molar-refractivity contribution is 9.10. The molecule has 0 amide bonds. The standard InChI is InChI=1S/C19H13BrO3/c20-15-8-12-18(13-9-15)23-19(21)14-6-10-17(11-7-14)22-16-4-2-1-3-5-16/h1-13H. The van der Waals surface area contributed by atoms with Gasteiger partial charge in [-0.1, -0.05) is 34.1 Å². The molecule has 23 heavy (non-hydrogen) atoms. The maximum Gasteiger partial charge on any atom is 0.343 e. The van der Waals surface area contributed by atoms with Crippen LogP contribution in [0.4, 0.5) is 0 Å². The SMILES string of the molecule is O=C(Oc1ccc(Br)cc1)c1ccc(Oc2ccccc2)cc1. The van der Waals surface area contributed by atoms with Gasteiger partial charge in [0.2, 0.25) is 0 Å². The van der Waals surface area contributed by atoms with E-state index in [1.54, 1.807) is 36.4 Å². The first kappa shape index (κ1) is 15.3. The van der Waals surface area contributed by atoms with Gasteiger partial charge in [-0.2, -0.15) is 0 Å². The van der Waals surface area contributed by atoms with E-state index in [-0.39, 0.29) is 0 Å². The Labute approximate surface area is 142 Å². The van der Waals surface area contributed by atoms with Crippen LogP contribution >= 0.6 is 15.9 Å². The van der Waals surface area contributed by atoms with E-state index >= 15 is 0 Å². The van der Waals surface area contributed by atoms with Gasteiger partial charge in [0.15, 0.2) is 0 Å². The minimum Gasteiger partial charge on any atom is -0.457 e. The van der Waals surface area contributed by atoms with Gasteiger partial charge < -0.3 is 9.47 Å². The minimum atomic E-state index is -0.404. The van der Waals surface area contributed by atoms with Crippen LogP contribution in [-0.2, 0) is 0 Å². The fraction of sp³-hybridized carbons (Fsp3) is 0. The molecule has 3 nitrogen and oxygen atoms in total. The minimum absolute atomic E-state index is 0.404. The van der Waals surface area contributed by atoms with Gasteiger partial charge in [-0.15, -0.1) is 0 Å². The first-order valence-corrected chi connectivity index (χ1v) is 7.81. The van der Waals surface area contributed by atoms with Gasteiger partial charge in [-0.3, -0.25) is 0 Å². The van der Waals surface area contributed by atoms with Crippen LogP contribution < -0.4 is 9.47 Å². The van der Waals surface area contributed by atoms with Crippen LogP contribution in [0.25, 0.3) is 0 Å². The zero-order chi connectivity index (χ0) is 16.1. The fourth-order valence-corrected chi connectivity index (χ4v) is 2.22. The molecule has 0 heterocycles. The summed E-state index contributed by atoms with van der Waals surface area (Å²) >= 11 is 3.34. The highest BCUT2D eigenvalue weighted by Crippen LogP contribution is 2.22. The van der Waals surface area contributed by atoms with Crippen LogP contribution in [0, 0.1) is 0 Å². The normalized spacial score (nSPS) is 10.1. The van der Waals surface area contributed by atoms with Crippen LogP contribution in [0.15, 0.2) is 83.3 Å². The summed E-state index contributed by atoms with van der Waals surface area (Å²) in [4.78, 5) is 12.1. The third-order valence-electron chi connectivity index (χ3n) is 3.09. The molecule has 0 fully saturated rings. The number of ether oxygens (including phenoxy) is 2. The van der Waals surface area contributed by atoms with E-state index in [0.717, 1.165) is 10.2 Å². The summed E-state index contributed by atoms with van der Waals surface area (Å²) in [5.74, 6) is 1.51. The second-order valence-corrected chi connectivity index (χ2v) is 5.70. The highest BCUT2D eigenvalue weighted by Gasteiger charge is 2.09. The van der Waals surface area contributed by atoms with E-state index in [1.165, 1.54) is 0 Å². The molecule has 0 N–H and O–H groups in total. The molecule has 3 aromatic rings. The van der Waals surface area contributed by atoms with E-state index in [9.17, 15) is 4.79 Å².